The van der Waals surface area contributed by atoms with Gasteiger partial charge in [0.15, 0.2) is 5.11 Å². The topological polar surface area (TPSA) is 46.0 Å². The molecule has 3 aromatic heterocycles. The van der Waals surface area contributed by atoms with Crippen molar-refractivity contribution in [2.75, 3.05) is 4.90 Å². The highest BCUT2D eigenvalue weighted by molar-refractivity contribution is 7.80. The first-order valence-corrected chi connectivity index (χ1v) is 11.7. The molecule has 1 saturated heterocycles. The predicted molar refractivity (Wildman–Crippen MR) is 136 cm³/mol. The van der Waals surface area contributed by atoms with Gasteiger partial charge in [-0.25, -0.2) is 4.39 Å². The van der Waals surface area contributed by atoms with Crippen molar-refractivity contribution in [2.45, 2.75) is 39.4 Å². The third kappa shape index (κ3) is 3.96. The van der Waals surface area contributed by atoms with Gasteiger partial charge in [-0.3, -0.25) is 9.97 Å². The van der Waals surface area contributed by atoms with Crippen LogP contribution in [0.15, 0.2) is 73.2 Å². The van der Waals surface area contributed by atoms with Gasteiger partial charge >= 0.3 is 0 Å². The van der Waals surface area contributed by atoms with Crippen LogP contribution in [0.25, 0.3) is 0 Å². The minimum atomic E-state index is -0.228. The number of anilines is 1. The summed E-state index contributed by atoms with van der Waals surface area (Å²) in [6, 6.07) is 17.0. The van der Waals surface area contributed by atoms with Gasteiger partial charge in [-0.15, -0.1) is 0 Å². The Morgan fingerprint density at radius 3 is 2.59 bits per heavy atom. The molecular weight excluding hydrogens is 445 g/mol. The number of halogens is 1. The standard InChI is InChI=1S/C27H26FN5S/c1-17-13-21(9-10-23(17)28)33-26(25(31-27(33)34)24-8-4-5-12-30-24)22-14-18(2)32(19(22)3)16-20-7-6-11-29-15-20/h4-15,25-26H,16H2,1-3H3,(H,31,34)/t25-,26+/m0/s1. The number of pyridine rings is 2. The summed E-state index contributed by atoms with van der Waals surface area (Å²) >= 11 is 5.82. The van der Waals surface area contributed by atoms with Gasteiger partial charge in [-0.05, 0) is 92.1 Å². The highest BCUT2D eigenvalue weighted by Gasteiger charge is 2.42. The second kappa shape index (κ2) is 8.99. The second-order valence-electron chi connectivity index (χ2n) is 8.70. The third-order valence-electron chi connectivity index (χ3n) is 6.51. The molecule has 2 atom stereocenters. The maximum Gasteiger partial charge on any atom is 0.174 e. The van der Waals surface area contributed by atoms with E-state index in [1.807, 2.05) is 36.5 Å². The normalized spacial score (nSPS) is 17.8. The van der Waals surface area contributed by atoms with Crippen molar-refractivity contribution in [1.82, 2.24) is 19.9 Å². The monoisotopic (exact) mass is 471 g/mol. The van der Waals surface area contributed by atoms with E-state index < -0.39 is 0 Å². The summed E-state index contributed by atoms with van der Waals surface area (Å²) < 4.78 is 16.4. The van der Waals surface area contributed by atoms with Crippen molar-refractivity contribution in [2.24, 2.45) is 0 Å². The Kier molecular flexibility index (Phi) is 5.87. The molecule has 0 amide bonds. The first-order chi connectivity index (χ1) is 16.4. The second-order valence-corrected chi connectivity index (χ2v) is 9.09. The van der Waals surface area contributed by atoms with Gasteiger partial charge in [0.05, 0.1) is 17.8 Å². The Morgan fingerprint density at radius 2 is 1.88 bits per heavy atom. The third-order valence-corrected chi connectivity index (χ3v) is 6.83. The minimum absolute atomic E-state index is 0.138. The van der Waals surface area contributed by atoms with E-state index in [2.05, 4.69) is 50.7 Å². The lowest BCUT2D eigenvalue weighted by atomic mass is 9.96. The van der Waals surface area contributed by atoms with Gasteiger partial charge in [0.2, 0.25) is 0 Å². The van der Waals surface area contributed by atoms with Gasteiger partial charge in [-0.1, -0.05) is 12.1 Å². The molecule has 0 unspecified atom stereocenters. The lowest BCUT2D eigenvalue weighted by Crippen LogP contribution is -2.29. The van der Waals surface area contributed by atoms with E-state index in [1.54, 1.807) is 25.4 Å². The molecule has 172 valence electrons. The van der Waals surface area contributed by atoms with Crippen molar-refractivity contribution in [3.63, 3.8) is 0 Å². The molecule has 4 aromatic rings. The minimum Gasteiger partial charge on any atom is -0.351 e. The number of hydrogen-bond donors (Lipinski definition) is 1. The zero-order chi connectivity index (χ0) is 23.8. The van der Waals surface area contributed by atoms with Gasteiger partial charge in [0.25, 0.3) is 0 Å². The van der Waals surface area contributed by atoms with Crippen molar-refractivity contribution < 1.29 is 4.39 Å². The van der Waals surface area contributed by atoms with Crippen LogP contribution >= 0.6 is 12.2 Å². The van der Waals surface area contributed by atoms with Crippen LogP contribution < -0.4 is 10.2 Å². The fourth-order valence-electron chi connectivity index (χ4n) is 4.77. The van der Waals surface area contributed by atoms with E-state index in [4.69, 9.17) is 12.2 Å². The molecular formula is C27H26FN5S. The molecule has 5 nitrogen and oxygen atoms in total. The van der Waals surface area contributed by atoms with Crippen molar-refractivity contribution in [3.05, 3.63) is 113 Å². The molecule has 1 fully saturated rings. The number of benzene rings is 1. The van der Waals surface area contributed by atoms with Crippen LogP contribution in [-0.2, 0) is 6.54 Å². The fourth-order valence-corrected chi connectivity index (χ4v) is 5.12. The molecule has 0 saturated carbocycles. The number of nitrogens with one attached hydrogen (secondary N) is 1. The van der Waals surface area contributed by atoms with Gasteiger partial charge in [0.1, 0.15) is 5.82 Å². The highest BCUT2D eigenvalue weighted by atomic mass is 32.1. The molecule has 0 spiro atoms. The molecule has 1 N–H and O–H groups in total. The number of aromatic nitrogens is 3. The summed E-state index contributed by atoms with van der Waals surface area (Å²) in [4.78, 5) is 11.0. The Balaban J connectivity index is 1.63. The lowest BCUT2D eigenvalue weighted by Gasteiger charge is -2.28. The van der Waals surface area contributed by atoms with Crippen LogP contribution in [-0.4, -0.2) is 19.6 Å². The fraction of sp³-hybridized carbons (Fsp3) is 0.222. The van der Waals surface area contributed by atoms with Crippen LogP contribution in [0.1, 0.15) is 45.9 Å². The Bertz CT molecular complexity index is 1340. The predicted octanol–water partition coefficient (Wildman–Crippen LogP) is 5.57. The van der Waals surface area contributed by atoms with Crippen LogP contribution in [0.3, 0.4) is 0 Å². The molecule has 0 radical (unpaired) electrons. The largest absolute Gasteiger partial charge is 0.351 e. The molecule has 4 heterocycles. The molecule has 0 bridgehead atoms. The zero-order valence-corrected chi connectivity index (χ0v) is 20.2. The van der Waals surface area contributed by atoms with E-state index in [0.717, 1.165) is 40.4 Å². The number of aryl methyl sites for hydroxylation is 2. The summed E-state index contributed by atoms with van der Waals surface area (Å²) in [6.07, 6.45) is 5.48. The van der Waals surface area contributed by atoms with Crippen molar-refractivity contribution in [3.8, 4) is 0 Å². The highest BCUT2D eigenvalue weighted by Crippen LogP contribution is 2.43. The maximum atomic E-state index is 14.1. The van der Waals surface area contributed by atoms with Crippen LogP contribution in [0, 0.1) is 26.6 Å². The SMILES string of the molecule is Cc1cc(N2C(=S)N[C@@H](c3ccccn3)[C@H]2c2cc(C)n(Cc3cccnc3)c2C)ccc1F. The molecule has 1 aliphatic rings. The van der Waals surface area contributed by atoms with E-state index >= 15 is 0 Å². The first kappa shape index (κ1) is 22.2. The molecule has 34 heavy (non-hydrogen) atoms. The number of thiocarbonyl (C=S) groups is 1. The van der Waals surface area contributed by atoms with Crippen molar-refractivity contribution >= 4 is 23.0 Å². The summed E-state index contributed by atoms with van der Waals surface area (Å²) in [5.41, 5.74) is 6.97. The zero-order valence-electron chi connectivity index (χ0n) is 19.4. The van der Waals surface area contributed by atoms with Gasteiger partial charge < -0.3 is 14.8 Å². The summed E-state index contributed by atoms with van der Waals surface area (Å²) in [7, 11) is 0. The average molecular weight is 472 g/mol. The number of hydrogen-bond acceptors (Lipinski definition) is 3. The Hall–Kier alpha value is -3.58. The van der Waals surface area contributed by atoms with Crippen LogP contribution in [0.4, 0.5) is 10.1 Å². The van der Waals surface area contributed by atoms with Crippen molar-refractivity contribution in [1.29, 1.82) is 0 Å². The Morgan fingerprint density at radius 1 is 1.03 bits per heavy atom. The van der Waals surface area contributed by atoms with Crippen LogP contribution in [0.5, 0.6) is 0 Å². The number of rotatable bonds is 5. The van der Waals surface area contributed by atoms with Gasteiger partial charge in [0, 0.05) is 42.2 Å². The number of nitrogens with zero attached hydrogens (tertiary/aromatic N) is 4. The molecule has 0 aliphatic carbocycles. The van der Waals surface area contributed by atoms with E-state index in [0.29, 0.717) is 10.7 Å². The van der Waals surface area contributed by atoms with E-state index in [1.165, 1.54) is 6.07 Å². The lowest BCUT2D eigenvalue weighted by molar-refractivity contribution is 0.563. The van der Waals surface area contributed by atoms with E-state index in [9.17, 15) is 4.39 Å². The Labute approximate surface area is 204 Å². The average Bonchev–Trinajstić information content (AvgIpc) is 3.33. The molecule has 5 rings (SSSR count). The quantitative estimate of drug-likeness (QED) is 0.386. The molecule has 1 aromatic carbocycles. The summed E-state index contributed by atoms with van der Waals surface area (Å²) in [5, 5.41) is 4.09. The summed E-state index contributed by atoms with van der Waals surface area (Å²) in [6.45, 7) is 6.77. The summed E-state index contributed by atoms with van der Waals surface area (Å²) in [5.74, 6) is -0.228. The molecule has 1 aliphatic heterocycles. The smallest absolute Gasteiger partial charge is 0.174 e. The maximum absolute atomic E-state index is 14.1. The van der Waals surface area contributed by atoms with E-state index in [-0.39, 0.29) is 17.9 Å². The molecule has 7 heteroatoms. The first-order valence-electron chi connectivity index (χ1n) is 11.3. The van der Waals surface area contributed by atoms with Crippen LogP contribution in [0.2, 0.25) is 0 Å². The van der Waals surface area contributed by atoms with Gasteiger partial charge in [-0.2, -0.15) is 0 Å².